The first-order valence-corrected chi connectivity index (χ1v) is 20.1. The molecule has 0 aromatic carbocycles. The average Bonchev–Trinajstić information content (AvgIpc) is 3.60. The number of methoxy groups -OCH3 is 1. The molecule has 0 amide bonds. The summed E-state index contributed by atoms with van der Waals surface area (Å²) in [5, 5.41) is 11.0. The highest BCUT2D eigenvalue weighted by Crippen LogP contribution is 2.50. The minimum absolute atomic E-state index is 0.0411. The second kappa shape index (κ2) is 16.6. The molecule has 55 heavy (non-hydrogen) atoms. The molecule has 316 valence electrons. The molecule has 5 rings (SSSR count). The van der Waals surface area contributed by atoms with Crippen LogP contribution in [0.2, 0.25) is 0 Å². The van der Waals surface area contributed by atoms with Crippen molar-refractivity contribution in [3.63, 3.8) is 0 Å². The van der Waals surface area contributed by atoms with E-state index in [9.17, 15) is 19.5 Å². The van der Waals surface area contributed by atoms with Crippen LogP contribution in [-0.2, 0) is 57.0 Å². The van der Waals surface area contributed by atoms with Gasteiger partial charge in [0.25, 0.3) is 0 Å². The first kappa shape index (κ1) is 44.0. The van der Waals surface area contributed by atoms with Crippen molar-refractivity contribution in [3.8, 4) is 0 Å². The molecule has 15 heteroatoms. The van der Waals surface area contributed by atoms with Gasteiger partial charge in [0, 0.05) is 32.3 Å². The molecule has 0 aliphatic carbocycles. The fourth-order valence-electron chi connectivity index (χ4n) is 10.1. The fourth-order valence-corrected chi connectivity index (χ4v) is 10.1. The summed E-state index contributed by atoms with van der Waals surface area (Å²) in [5.74, 6) is -2.99. The summed E-state index contributed by atoms with van der Waals surface area (Å²) in [6.45, 7) is 20.2. The maximum Gasteiger partial charge on any atom is 0.509 e. The highest BCUT2D eigenvalue weighted by molar-refractivity contribution is 5.73. The lowest BCUT2D eigenvalue weighted by Gasteiger charge is -2.49. The number of aliphatic hydroxyl groups is 1. The molecule has 19 atom stereocenters. The summed E-state index contributed by atoms with van der Waals surface area (Å²) in [4.78, 5) is 41.9. The van der Waals surface area contributed by atoms with E-state index in [0.717, 1.165) is 0 Å². The zero-order valence-electron chi connectivity index (χ0n) is 35.3. The van der Waals surface area contributed by atoms with Crippen LogP contribution in [0.25, 0.3) is 0 Å². The van der Waals surface area contributed by atoms with Crippen molar-refractivity contribution in [2.24, 2.45) is 23.7 Å². The highest BCUT2D eigenvalue weighted by atomic mass is 16.8. The van der Waals surface area contributed by atoms with E-state index in [1.54, 1.807) is 27.7 Å². The number of aliphatic hydroxyl groups excluding tert-OH is 1. The molecule has 0 aromatic rings. The normalized spacial score (nSPS) is 49.5. The first-order chi connectivity index (χ1) is 25.6. The monoisotopic (exact) mass is 785 g/mol. The fraction of sp³-hybridized carbons (Fsp3) is 0.925. The number of hydrogen-bond donors (Lipinski definition) is 1. The largest absolute Gasteiger partial charge is 0.509 e. The number of nitrogens with zero attached hydrogens (tertiary/aromatic N) is 1. The van der Waals surface area contributed by atoms with E-state index < -0.39 is 108 Å². The van der Waals surface area contributed by atoms with E-state index in [1.807, 2.05) is 53.6 Å². The molecule has 0 spiro atoms. The Morgan fingerprint density at radius 3 is 2.22 bits per heavy atom. The van der Waals surface area contributed by atoms with Crippen molar-refractivity contribution < 1.29 is 66.9 Å². The minimum Gasteiger partial charge on any atom is -0.458 e. The van der Waals surface area contributed by atoms with Gasteiger partial charge in [-0.25, -0.2) is 4.79 Å². The number of hydrogen-bond acceptors (Lipinski definition) is 15. The Balaban J connectivity index is 1.64. The molecule has 0 aromatic heterocycles. The Hall–Kier alpha value is -2.11. The molecular weight excluding hydrogens is 718 g/mol. The van der Waals surface area contributed by atoms with Gasteiger partial charge in [0.1, 0.15) is 12.2 Å². The molecule has 5 heterocycles. The minimum atomic E-state index is -1.31. The van der Waals surface area contributed by atoms with Crippen LogP contribution in [0.4, 0.5) is 4.79 Å². The molecule has 0 radical (unpaired) electrons. The smallest absolute Gasteiger partial charge is 0.458 e. The van der Waals surface area contributed by atoms with Gasteiger partial charge in [-0.05, 0) is 80.8 Å². The van der Waals surface area contributed by atoms with Gasteiger partial charge in [0.2, 0.25) is 0 Å². The van der Waals surface area contributed by atoms with Crippen LogP contribution in [0, 0.1) is 23.7 Å². The van der Waals surface area contributed by atoms with Crippen LogP contribution in [-0.4, -0.2) is 140 Å². The standard InChI is InChI=1S/C40H67NO14/c1-15-27-40(11)34(53-37(45)55-40)21(4)29-19(2)17-39(10,54-29)33(52-36-31(49-25(8)42)26(41(12)13)16-20(3)47-36)22(5)30(23(6)35(44)50-27)51-28-18-38(9,46-14)32(43)24(7)48-28/h19-24,26-34,36,43H,15-18H2,1-14H3/t19-,20-,21+,22+,23-,24-,26+,27+,28+,29+,30-,31-,32-,33-,34-,36+,38+,39+,40-/m1/s1. The molecular formula is C40H67NO14. The number of cyclic esters (lactones) is 1. The second-order valence-electron chi connectivity index (χ2n) is 17.7. The van der Waals surface area contributed by atoms with Gasteiger partial charge < -0.3 is 57.4 Å². The Labute approximate surface area is 326 Å². The third kappa shape index (κ3) is 8.55. The van der Waals surface area contributed by atoms with Crippen LogP contribution < -0.4 is 0 Å². The zero-order chi connectivity index (χ0) is 40.9. The van der Waals surface area contributed by atoms with Gasteiger partial charge in [-0.3, -0.25) is 9.59 Å². The van der Waals surface area contributed by atoms with Crippen molar-refractivity contribution in [2.75, 3.05) is 21.2 Å². The quantitative estimate of drug-likeness (QED) is 0.272. The molecule has 0 saturated carbocycles. The van der Waals surface area contributed by atoms with Gasteiger partial charge in [0.05, 0.1) is 53.7 Å². The van der Waals surface area contributed by atoms with Gasteiger partial charge in [-0.2, -0.15) is 0 Å². The van der Waals surface area contributed by atoms with Crippen LogP contribution in [0.1, 0.15) is 102 Å². The molecule has 0 unspecified atom stereocenters. The van der Waals surface area contributed by atoms with Crippen molar-refractivity contribution in [1.29, 1.82) is 0 Å². The second-order valence-corrected chi connectivity index (χ2v) is 17.7. The van der Waals surface area contributed by atoms with Crippen LogP contribution in [0.3, 0.4) is 0 Å². The molecule has 15 nitrogen and oxygen atoms in total. The Bertz CT molecular complexity index is 1380. The Morgan fingerprint density at radius 1 is 0.945 bits per heavy atom. The number of fused-ring (bicyclic) bond motifs is 3. The lowest BCUT2D eigenvalue weighted by atomic mass is 9.76. The summed E-state index contributed by atoms with van der Waals surface area (Å²) in [5.41, 5.74) is -3.32. The van der Waals surface area contributed by atoms with Gasteiger partial charge >= 0.3 is 18.1 Å². The third-order valence-electron chi connectivity index (χ3n) is 13.1. The van der Waals surface area contributed by atoms with Gasteiger partial charge in [-0.1, -0.05) is 27.7 Å². The maximum absolute atomic E-state index is 14.5. The molecule has 5 fully saturated rings. The Kier molecular flexibility index (Phi) is 13.3. The summed E-state index contributed by atoms with van der Waals surface area (Å²) in [6, 6.07) is -0.219. The van der Waals surface area contributed by atoms with E-state index in [0.29, 0.717) is 19.3 Å². The summed E-state index contributed by atoms with van der Waals surface area (Å²) >= 11 is 0. The van der Waals surface area contributed by atoms with Gasteiger partial charge in [0.15, 0.2) is 30.4 Å². The van der Waals surface area contributed by atoms with Crippen molar-refractivity contribution in [2.45, 2.75) is 192 Å². The molecule has 1 N–H and O–H groups in total. The van der Waals surface area contributed by atoms with Gasteiger partial charge in [-0.15, -0.1) is 0 Å². The van der Waals surface area contributed by atoms with E-state index in [4.69, 9.17) is 47.4 Å². The van der Waals surface area contributed by atoms with E-state index in [2.05, 4.69) is 6.92 Å². The van der Waals surface area contributed by atoms with E-state index >= 15 is 0 Å². The number of ether oxygens (including phenoxy) is 10. The molecule has 5 saturated heterocycles. The molecule has 2 bridgehead atoms. The number of rotatable bonds is 8. The number of likely N-dealkylation sites (N-methyl/N-ethyl adjacent to an activating group) is 1. The Morgan fingerprint density at radius 2 is 1.62 bits per heavy atom. The third-order valence-corrected chi connectivity index (χ3v) is 13.1. The van der Waals surface area contributed by atoms with Crippen LogP contribution >= 0.6 is 0 Å². The number of carbonyl (C=O) groups excluding carboxylic acids is 3. The average molecular weight is 786 g/mol. The van der Waals surface area contributed by atoms with E-state index in [-0.39, 0.29) is 30.4 Å². The zero-order valence-corrected chi connectivity index (χ0v) is 35.3. The first-order valence-electron chi connectivity index (χ1n) is 20.1. The van der Waals surface area contributed by atoms with Crippen molar-refractivity contribution in [1.82, 2.24) is 4.90 Å². The SMILES string of the molecule is CC[C@@H]1OC(=O)[C@H](C)[C@H](O[C@H]2C[C@](C)(OC)[C@H](O)[C@@H](C)O2)[C@H](C)[C@@H](O[C@@H]2O[C@H](C)C[C@H](N(C)C)[C@H]2OC(C)=O)[C@]2(C)C[C@@H](C)[C@H](O2)[C@H](C)[C@H]2OC(=O)O[C@]12C. The summed E-state index contributed by atoms with van der Waals surface area (Å²) in [6.07, 6.45) is -7.49. The lowest BCUT2D eigenvalue weighted by molar-refractivity contribution is -0.319. The van der Waals surface area contributed by atoms with Crippen molar-refractivity contribution >= 4 is 18.1 Å². The molecule has 5 aliphatic rings. The van der Waals surface area contributed by atoms with E-state index in [1.165, 1.54) is 14.0 Å². The predicted molar refractivity (Wildman–Crippen MR) is 197 cm³/mol. The lowest BCUT2D eigenvalue weighted by Crippen LogP contribution is -2.61. The number of carbonyl (C=O) groups is 3. The summed E-state index contributed by atoms with van der Waals surface area (Å²) < 4.78 is 63.6. The topological polar surface area (TPSA) is 167 Å². The van der Waals surface area contributed by atoms with Crippen LogP contribution in [0.5, 0.6) is 0 Å². The predicted octanol–water partition coefficient (Wildman–Crippen LogP) is 4.38. The number of esters is 2. The highest BCUT2D eigenvalue weighted by Gasteiger charge is 2.62. The maximum atomic E-state index is 14.5. The van der Waals surface area contributed by atoms with Crippen molar-refractivity contribution in [3.05, 3.63) is 0 Å². The summed E-state index contributed by atoms with van der Waals surface area (Å²) in [7, 11) is 5.39. The molecule has 5 aliphatic heterocycles. The van der Waals surface area contributed by atoms with Crippen LogP contribution in [0.15, 0.2) is 0 Å².